The first-order valence-electron chi connectivity index (χ1n) is 12.5. The highest BCUT2D eigenvalue weighted by atomic mass is 16.5. The van der Waals surface area contributed by atoms with Crippen molar-refractivity contribution < 1.29 is 9.84 Å². The smallest absolute Gasteiger partial charge is 0.124 e. The van der Waals surface area contributed by atoms with Crippen molar-refractivity contribution in [3.05, 3.63) is 71.2 Å². The zero-order chi connectivity index (χ0) is 23.5. The average Bonchev–Trinajstić information content (AvgIpc) is 3.52. The summed E-state index contributed by atoms with van der Waals surface area (Å²) < 4.78 is 5.33. The maximum atomic E-state index is 12.6. The van der Waals surface area contributed by atoms with Crippen molar-refractivity contribution in [3.63, 3.8) is 0 Å². The summed E-state index contributed by atoms with van der Waals surface area (Å²) in [6.07, 6.45) is 6.23. The highest BCUT2D eigenvalue weighted by molar-refractivity contribution is 5.60. The molecule has 0 amide bonds. The number of nitrogens with zero attached hydrogens (tertiary/aromatic N) is 3. The number of benzene rings is 1. The molecule has 2 saturated heterocycles. The first-order chi connectivity index (χ1) is 16.4. The minimum absolute atomic E-state index is 0.296. The number of pyridine rings is 1. The van der Waals surface area contributed by atoms with E-state index in [0.717, 1.165) is 54.4 Å². The van der Waals surface area contributed by atoms with Crippen LogP contribution in [0, 0.1) is 5.41 Å². The molecule has 3 aromatic rings. The van der Waals surface area contributed by atoms with Gasteiger partial charge in [-0.3, -0.25) is 15.0 Å². The maximum absolute atomic E-state index is 12.6. The molecule has 2 aliphatic heterocycles. The van der Waals surface area contributed by atoms with Gasteiger partial charge in [0, 0.05) is 59.7 Å². The van der Waals surface area contributed by atoms with Crippen molar-refractivity contribution in [3.8, 4) is 11.3 Å². The number of likely N-dealkylation sites (tertiary alicyclic amines) is 1. The summed E-state index contributed by atoms with van der Waals surface area (Å²) in [4.78, 5) is 7.09. The van der Waals surface area contributed by atoms with E-state index in [1.807, 2.05) is 12.4 Å². The van der Waals surface area contributed by atoms with Crippen LogP contribution >= 0.6 is 0 Å². The molecule has 0 spiro atoms. The number of ether oxygens (including phenoxy) is 1. The minimum Gasteiger partial charge on any atom is -0.380 e. The van der Waals surface area contributed by atoms with Crippen LogP contribution in [0.3, 0.4) is 0 Å². The van der Waals surface area contributed by atoms with Crippen molar-refractivity contribution >= 4 is 0 Å². The standard InChI is InChI=1S/C28H34N4O2/c1-18(2)19-4-6-22(7-5-19)28(33,27(3)16-32(17-27)24-8-9-24)23-10-20(12-29-13-23)25-11-26(31-30-25)21-14-34-15-21/h4-7,10-13,18,21,24,33H,8-9,14-17H2,1-3H3,(H,30,31)/t28-/m0/s1. The molecule has 1 aliphatic carbocycles. The lowest BCUT2D eigenvalue weighted by Crippen LogP contribution is -2.65. The van der Waals surface area contributed by atoms with Crippen LogP contribution in [0.5, 0.6) is 0 Å². The summed E-state index contributed by atoms with van der Waals surface area (Å²) in [5.74, 6) is 0.836. The number of hydrogen-bond acceptors (Lipinski definition) is 5. The Morgan fingerprint density at radius 1 is 1.09 bits per heavy atom. The number of aromatic nitrogens is 3. The van der Waals surface area contributed by atoms with Gasteiger partial charge >= 0.3 is 0 Å². The molecule has 6 rings (SSSR count). The molecular weight excluding hydrogens is 424 g/mol. The molecule has 6 heteroatoms. The third kappa shape index (κ3) is 3.51. The summed E-state index contributed by atoms with van der Waals surface area (Å²) in [5, 5.41) is 20.3. The van der Waals surface area contributed by atoms with E-state index in [9.17, 15) is 5.11 Å². The van der Waals surface area contributed by atoms with E-state index in [2.05, 4.69) is 77.3 Å². The Hall–Kier alpha value is -2.54. The van der Waals surface area contributed by atoms with Gasteiger partial charge in [0.25, 0.3) is 0 Å². The molecule has 4 heterocycles. The third-order valence-corrected chi connectivity index (χ3v) is 8.16. The zero-order valence-corrected chi connectivity index (χ0v) is 20.3. The van der Waals surface area contributed by atoms with Gasteiger partial charge in [0.15, 0.2) is 0 Å². The second-order valence-corrected chi connectivity index (χ2v) is 11.1. The van der Waals surface area contributed by atoms with Gasteiger partial charge in [0.05, 0.1) is 18.9 Å². The summed E-state index contributed by atoms with van der Waals surface area (Å²) in [6.45, 7) is 9.87. The summed E-state index contributed by atoms with van der Waals surface area (Å²) in [6, 6.07) is 13.4. The molecule has 178 valence electrons. The Kier molecular flexibility index (Phi) is 5.17. The van der Waals surface area contributed by atoms with E-state index in [1.54, 1.807) is 0 Å². The molecule has 1 saturated carbocycles. The van der Waals surface area contributed by atoms with Gasteiger partial charge in [0.1, 0.15) is 5.60 Å². The van der Waals surface area contributed by atoms with E-state index in [-0.39, 0.29) is 5.41 Å². The van der Waals surface area contributed by atoms with Crippen molar-refractivity contribution in [1.82, 2.24) is 20.1 Å². The fourth-order valence-corrected chi connectivity index (χ4v) is 5.64. The molecule has 1 aromatic carbocycles. The van der Waals surface area contributed by atoms with Crippen LogP contribution in [-0.2, 0) is 10.3 Å². The van der Waals surface area contributed by atoms with Gasteiger partial charge in [-0.1, -0.05) is 45.0 Å². The monoisotopic (exact) mass is 458 g/mol. The lowest BCUT2D eigenvalue weighted by molar-refractivity contribution is -0.138. The predicted octanol–water partition coefficient (Wildman–Crippen LogP) is 4.43. The lowest BCUT2D eigenvalue weighted by Gasteiger charge is -2.57. The fraction of sp³-hybridized carbons (Fsp3) is 0.500. The molecular formula is C28H34N4O2. The van der Waals surface area contributed by atoms with Crippen molar-refractivity contribution in [2.75, 3.05) is 26.3 Å². The van der Waals surface area contributed by atoms with E-state index in [1.165, 1.54) is 18.4 Å². The van der Waals surface area contributed by atoms with Gasteiger partial charge in [0.2, 0.25) is 0 Å². The quantitative estimate of drug-likeness (QED) is 0.548. The molecule has 3 fully saturated rings. The Labute approximate surface area is 201 Å². The average molecular weight is 459 g/mol. The number of H-pyrrole nitrogens is 1. The number of aromatic amines is 1. The van der Waals surface area contributed by atoms with E-state index in [0.29, 0.717) is 17.9 Å². The maximum Gasteiger partial charge on any atom is 0.124 e. The molecule has 6 nitrogen and oxygen atoms in total. The Balaban J connectivity index is 1.39. The number of nitrogens with one attached hydrogen (secondary N) is 1. The second-order valence-electron chi connectivity index (χ2n) is 11.1. The molecule has 0 radical (unpaired) electrons. The van der Waals surface area contributed by atoms with Crippen molar-refractivity contribution in [2.24, 2.45) is 5.41 Å². The number of rotatable bonds is 7. The first-order valence-corrected chi connectivity index (χ1v) is 12.5. The SMILES string of the molecule is CC(C)c1ccc([C@](O)(c2cncc(-c3cc(C4COC4)[nH]n3)c2)C2(C)CN(C3CC3)C2)cc1. The first kappa shape index (κ1) is 22.0. The van der Waals surface area contributed by atoms with Crippen molar-refractivity contribution in [1.29, 1.82) is 0 Å². The van der Waals surface area contributed by atoms with Crippen LogP contribution in [0.25, 0.3) is 11.3 Å². The minimum atomic E-state index is -1.14. The normalized spacial score (nSPS) is 22.3. The van der Waals surface area contributed by atoms with Gasteiger partial charge in [-0.2, -0.15) is 5.10 Å². The predicted molar refractivity (Wildman–Crippen MR) is 132 cm³/mol. The largest absolute Gasteiger partial charge is 0.380 e. The van der Waals surface area contributed by atoms with Crippen LogP contribution in [0.2, 0.25) is 0 Å². The molecule has 1 atom stereocenters. The summed E-state index contributed by atoms with van der Waals surface area (Å²) in [5.41, 5.74) is 4.47. The summed E-state index contributed by atoms with van der Waals surface area (Å²) in [7, 11) is 0. The lowest BCUT2D eigenvalue weighted by atomic mass is 9.61. The van der Waals surface area contributed by atoms with Gasteiger partial charge in [-0.15, -0.1) is 0 Å². The van der Waals surface area contributed by atoms with Crippen LogP contribution in [0.15, 0.2) is 48.8 Å². The molecule has 34 heavy (non-hydrogen) atoms. The van der Waals surface area contributed by atoms with E-state index >= 15 is 0 Å². The fourth-order valence-electron chi connectivity index (χ4n) is 5.64. The Morgan fingerprint density at radius 2 is 1.82 bits per heavy atom. The van der Waals surface area contributed by atoms with Crippen LogP contribution in [0.4, 0.5) is 0 Å². The second kappa shape index (κ2) is 8.01. The van der Waals surface area contributed by atoms with Crippen LogP contribution in [0.1, 0.15) is 67.8 Å². The molecule has 3 aliphatic rings. The highest BCUT2D eigenvalue weighted by Gasteiger charge is 2.58. The van der Waals surface area contributed by atoms with Crippen molar-refractivity contribution in [2.45, 2.75) is 57.1 Å². The van der Waals surface area contributed by atoms with E-state index in [4.69, 9.17) is 4.74 Å². The van der Waals surface area contributed by atoms with Gasteiger partial charge in [-0.05, 0) is 42.0 Å². The van der Waals surface area contributed by atoms with Crippen LogP contribution < -0.4 is 0 Å². The Bertz CT molecular complexity index is 1170. The Morgan fingerprint density at radius 3 is 2.44 bits per heavy atom. The van der Waals surface area contributed by atoms with Gasteiger partial charge in [-0.25, -0.2) is 0 Å². The highest BCUT2D eigenvalue weighted by Crippen LogP contribution is 2.53. The molecule has 2 aromatic heterocycles. The zero-order valence-electron chi connectivity index (χ0n) is 20.3. The van der Waals surface area contributed by atoms with Crippen LogP contribution in [-0.4, -0.2) is 57.5 Å². The van der Waals surface area contributed by atoms with Gasteiger partial charge < -0.3 is 9.84 Å². The third-order valence-electron chi connectivity index (χ3n) is 8.16. The number of hydrogen-bond donors (Lipinski definition) is 2. The topological polar surface area (TPSA) is 74.3 Å². The molecule has 0 bridgehead atoms. The number of aliphatic hydroxyl groups is 1. The molecule has 2 N–H and O–H groups in total. The molecule has 0 unspecified atom stereocenters. The summed E-state index contributed by atoms with van der Waals surface area (Å²) >= 11 is 0. The van der Waals surface area contributed by atoms with E-state index < -0.39 is 5.60 Å².